The molecule has 0 radical (unpaired) electrons. The van der Waals surface area contributed by atoms with E-state index in [9.17, 15) is 23.1 Å². The molecular formula is C20H18BrF3N2O2. The fourth-order valence-corrected chi connectivity index (χ4v) is 3.45. The monoisotopic (exact) mass is 454 g/mol. The van der Waals surface area contributed by atoms with Crippen LogP contribution in [0.1, 0.15) is 30.4 Å². The predicted octanol–water partition coefficient (Wildman–Crippen LogP) is 4.66. The molecule has 148 valence electrons. The maximum absolute atomic E-state index is 13.6. The molecule has 0 saturated heterocycles. The Bertz CT molecular complexity index is 887. The SMILES string of the molecule is O=C(CCCc1ccccc1)N1N=C(c2cccc(Br)c2)C[C@@]1(O)C(F)(F)F. The van der Waals surface area contributed by atoms with Crippen LogP contribution in [0.15, 0.2) is 64.2 Å². The Morgan fingerprint density at radius 3 is 2.54 bits per heavy atom. The first-order valence-corrected chi connectivity index (χ1v) is 9.49. The molecule has 1 aliphatic heterocycles. The van der Waals surface area contributed by atoms with Gasteiger partial charge in [-0.3, -0.25) is 4.79 Å². The van der Waals surface area contributed by atoms with Crippen molar-refractivity contribution in [1.82, 2.24) is 5.01 Å². The van der Waals surface area contributed by atoms with Crippen molar-refractivity contribution in [3.8, 4) is 0 Å². The van der Waals surface area contributed by atoms with Gasteiger partial charge in [0, 0.05) is 10.9 Å². The third-order valence-corrected chi connectivity index (χ3v) is 5.03. The highest BCUT2D eigenvalue weighted by Crippen LogP contribution is 2.41. The average molecular weight is 455 g/mol. The van der Waals surface area contributed by atoms with E-state index in [1.54, 1.807) is 24.3 Å². The van der Waals surface area contributed by atoms with Crippen molar-refractivity contribution in [2.45, 2.75) is 37.6 Å². The molecule has 2 aromatic rings. The molecule has 1 atom stereocenters. The van der Waals surface area contributed by atoms with Gasteiger partial charge in [0.05, 0.1) is 12.1 Å². The van der Waals surface area contributed by atoms with Crippen LogP contribution in [0, 0.1) is 0 Å². The third kappa shape index (κ3) is 4.28. The summed E-state index contributed by atoms with van der Waals surface area (Å²) in [7, 11) is 0. The first-order valence-electron chi connectivity index (χ1n) is 8.70. The normalized spacial score (nSPS) is 19.6. The van der Waals surface area contributed by atoms with Crippen LogP contribution in [0.4, 0.5) is 13.2 Å². The Hall–Kier alpha value is -2.19. The largest absolute Gasteiger partial charge is 0.438 e. The molecular weight excluding hydrogens is 437 g/mol. The maximum Gasteiger partial charge on any atom is 0.438 e. The van der Waals surface area contributed by atoms with Gasteiger partial charge in [0.1, 0.15) is 0 Å². The van der Waals surface area contributed by atoms with E-state index >= 15 is 0 Å². The third-order valence-electron chi connectivity index (χ3n) is 4.53. The molecule has 1 amide bonds. The maximum atomic E-state index is 13.6. The molecule has 0 bridgehead atoms. The van der Waals surface area contributed by atoms with E-state index in [0.29, 0.717) is 22.9 Å². The number of halogens is 4. The number of hydrogen-bond donors (Lipinski definition) is 1. The number of aliphatic hydroxyl groups is 1. The zero-order valence-corrected chi connectivity index (χ0v) is 16.4. The van der Waals surface area contributed by atoms with Crippen molar-refractivity contribution in [3.05, 3.63) is 70.2 Å². The molecule has 4 nitrogen and oxygen atoms in total. The van der Waals surface area contributed by atoms with Crippen molar-refractivity contribution in [1.29, 1.82) is 0 Å². The van der Waals surface area contributed by atoms with Crippen LogP contribution in [0.25, 0.3) is 0 Å². The van der Waals surface area contributed by atoms with Crippen LogP contribution in [0.5, 0.6) is 0 Å². The van der Waals surface area contributed by atoms with Gasteiger partial charge in [0.15, 0.2) is 0 Å². The number of nitrogens with zero attached hydrogens (tertiary/aromatic N) is 2. The van der Waals surface area contributed by atoms with Crippen molar-refractivity contribution in [3.63, 3.8) is 0 Å². The van der Waals surface area contributed by atoms with Gasteiger partial charge >= 0.3 is 6.18 Å². The number of amides is 1. The molecule has 0 aliphatic carbocycles. The van der Waals surface area contributed by atoms with Gasteiger partial charge in [-0.2, -0.15) is 23.3 Å². The van der Waals surface area contributed by atoms with Crippen molar-refractivity contribution in [2.24, 2.45) is 5.10 Å². The summed E-state index contributed by atoms with van der Waals surface area (Å²) in [6, 6.07) is 15.9. The molecule has 3 rings (SSSR count). The second-order valence-electron chi connectivity index (χ2n) is 6.59. The summed E-state index contributed by atoms with van der Waals surface area (Å²) in [6.07, 6.45) is -5.08. The van der Waals surface area contributed by atoms with E-state index in [-0.39, 0.29) is 17.1 Å². The number of benzene rings is 2. The number of alkyl halides is 3. The summed E-state index contributed by atoms with van der Waals surface area (Å²) in [6.45, 7) is 0. The molecule has 1 heterocycles. The van der Waals surface area contributed by atoms with E-state index in [0.717, 1.165) is 5.56 Å². The fourth-order valence-electron chi connectivity index (χ4n) is 3.05. The van der Waals surface area contributed by atoms with Crippen molar-refractivity contribution < 1.29 is 23.1 Å². The second-order valence-corrected chi connectivity index (χ2v) is 7.51. The number of carbonyl (C=O) groups is 1. The summed E-state index contributed by atoms with van der Waals surface area (Å²) in [5, 5.41) is 14.4. The Labute approximate surface area is 168 Å². The van der Waals surface area contributed by atoms with Gasteiger partial charge in [0.2, 0.25) is 5.91 Å². The molecule has 0 saturated carbocycles. The van der Waals surface area contributed by atoms with E-state index in [1.807, 2.05) is 30.3 Å². The lowest BCUT2D eigenvalue weighted by Gasteiger charge is -2.32. The Morgan fingerprint density at radius 2 is 1.89 bits per heavy atom. The lowest BCUT2D eigenvalue weighted by molar-refractivity contribution is -0.302. The number of carbonyl (C=O) groups excluding carboxylic acids is 1. The van der Waals surface area contributed by atoms with Crippen molar-refractivity contribution in [2.75, 3.05) is 0 Å². The first kappa shape index (κ1) is 20.5. The standard InChI is InChI=1S/C20H18BrF3N2O2/c21-16-10-5-9-15(12-16)17-13-19(28,20(22,23)24)26(25-17)18(27)11-4-8-14-6-2-1-3-7-14/h1-3,5-7,9-10,12,28H,4,8,11,13H2/t19-/m1/s1. The summed E-state index contributed by atoms with van der Waals surface area (Å²) in [4.78, 5) is 12.5. The molecule has 8 heteroatoms. The highest BCUT2D eigenvalue weighted by molar-refractivity contribution is 9.10. The van der Waals surface area contributed by atoms with Crippen LogP contribution >= 0.6 is 15.9 Å². The number of hydrogen-bond acceptors (Lipinski definition) is 3. The van der Waals surface area contributed by atoms with Gasteiger partial charge < -0.3 is 5.11 Å². The van der Waals surface area contributed by atoms with Gasteiger partial charge in [-0.15, -0.1) is 0 Å². The van der Waals surface area contributed by atoms with Crippen LogP contribution in [-0.4, -0.2) is 33.6 Å². The molecule has 0 aromatic heterocycles. The second kappa shape index (κ2) is 8.05. The fraction of sp³-hybridized carbons (Fsp3) is 0.300. The molecule has 0 fully saturated rings. The minimum absolute atomic E-state index is 0.0116. The summed E-state index contributed by atoms with van der Waals surface area (Å²) >= 11 is 3.26. The van der Waals surface area contributed by atoms with E-state index < -0.39 is 24.2 Å². The zero-order valence-electron chi connectivity index (χ0n) is 14.8. The molecule has 0 spiro atoms. The van der Waals surface area contributed by atoms with Gasteiger partial charge in [-0.05, 0) is 36.1 Å². The van der Waals surface area contributed by atoms with Gasteiger partial charge in [-0.1, -0.05) is 58.4 Å². The summed E-state index contributed by atoms with van der Waals surface area (Å²) in [5.74, 6) is -0.860. The first-order chi connectivity index (χ1) is 13.2. The minimum Gasteiger partial charge on any atom is -0.362 e. The van der Waals surface area contributed by atoms with E-state index in [1.165, 1.54) is 0 Å². The van der Waals surface area contributed by atoms with Crippen LogP contribution < -0.4 is 0 Å². The van der Waals surface area contributed by atoms with Gasteiger partial charge in [0.25, 0.3) is 5.72 Å². The number of hydrazone groups is 1. The predicted molar refractivity (Wildman–Crippen MR) is 103 cm³/mol. The number of rotatable bonds is 5. The van der Waals surface area contributed by atoms with E-state index in [2.05, 4.69) is 21.0 Å². The lowest BCUT2D eigenvalue weighted by Crippen LogP contribution is -2.56. The molecule has 0 unspecified atom stereocenters. The number of aryl methyl sites for hydroxylation is 1. The lowest BCUT2D eigenvalue weighted by atomic mass is 10.0. The van der Waals surface area contributed by atoms with Crippen LogP contribution in [0.2, 0.25) is 0 Å². The highest BCUT2D eigenvalue weighted by Gasteiger charge is 2.63. The molecule has 2 aromatic carbocycles. The van der Waals surface area contributed by atoms with E-state index in [4.69, 9.17) is 0 Å². The smallest absolute Gasteiger partial charge is 0.362 e. The average Bonchev–Trinajstić information content (AvgIpc) is 3.02. The van der Waals surface area contributed by atoms with Crippen LogP contribution in [0.3, 0.4) is 0 Å². The zero-order chi connectivity index (χ0) is 20.4. The summed E-state index contributed by atoms with van der Waals surface area (Å²) in [5.41, 5.74) is -1.93. The van der Waals surface area contributed by atoms with Gasteiger partial charge in [-0.25, -0.2) is 0 Å². The Kier molecular flexibility index (Phi) is 5.90. The molecule has 1 aliphatic rings. The topological polar surface area (TPSA) is 52.9 Å². The highest BCUT2D eigenvalue weighted by atomic mass is 79.9. The minimum atomic E-state index is -5.03. The molecule has 28 heavy (non-hydrogen) atoms. The summed E-state index contributed by atoms with van der Waals surface area (Å²) < 4.78 is 41.4. The van der Waals surface area contributed by atoms with Crippen molar-refractivity contribution >= 4 is 27.5 Å². The Morgan fingerprint density at radius 1 is 1.18 bits per heavy atom. The quantitative estimate of drug-likeness (QED) is 0.714. The van der Waals surface area contributed by atoms with Crippen LogP contribution in [-0.2, 0) is 11.2 Å². The Balaban J connectivity index is 1.79. The molecule has 1 N–H and O–H groups in total.